The number of benzene rings is 2. The molecule has 3 aliphatic rings. The molecular formula is C32H37N3O4. The van der Waals surface area contributed by atoms with Gasteiger partial charge in [0, 0.05) is 19.2 Å². The summed E-state index contributed by atoms with van der Waals surface area (Å²) in [6, 6.07) is 18.5. The van der Waals surface area contributed by atoms with Gasteiger partial charge in [-0.1, -0.05) is 30.3 Å². The summed E-state index contributed by atoms with van der Waals surface area (Å²) in [5.41, 5.74) is 6.77. The average Bonchev–Trinajstić information content (AvgIpc) is 3.68. The monoisotopic (exact) mass is 527 g/mol. The van der Waals surface area contributed by atoms with Crippen molar-refractivity contribution in [2.24, 2.45) is 11.3 Å². The molecule has 3 heterocycles. The number of rotatable bonds is 8. The maximum absolute atomic E-state index is 12.7. The molecule has 1 aliphatic carbocycles. The van der Waals surface area contributed by atoms with Crippen molar-refractivity contribution in [1.29, 1.82) is 0 Å². The van der Waals surface area contributed by atoms with Crippen molar-refractivity contribution in [3.8, 4) is 17.0 Å². The van der Waals surface area contributed by atoms with E-state index >= 15 is 0 Å². The maximum Gasteiger partial charge on any atom is 0.314 e. The Morgan fingerprint density at radius 3 is 2.77 bits per heavy atom. The number of para-hydroxylation sites is 1. The number of methoxy groups -OCH3 is 2. The summed E-state index contributed by atoms with van der Waals surface area (Å²) in [7, 11) is 3.15. The number of hydrogen-bond acceptors (Lipinski definition) is 7. The van der Waals surface area contributed by atoms with Crippen LogP contribution >= 0.6 is 0 Å². The van der Waals surface area contributed by atoms with Crippen molar-refractivity contribution < 1.29 is 19.0 Å². The number of nitrogens with zero attached hydrogens (tertiary/aromatic N) is 2. The van der Waals surface area contributed by atoms with Crippen LogP contribution in [0.3, 0.4) is 0 Å². The molecule has 1 aromatic heterocycles. The van der Waals surface area contributed by atoms with Gasteiger partial charge in [-0.3, -0.25) is 4.79 Å². The minimum absolute atomic E-state index is 0.0967. The standard InChI is InChI=1S/C32H37N3O4/c1-21-23(12-11-22-13-15-33-16-14-25(21)22)19-39-28-9-5-4-7-26(28)27-8-6-10-30(34-27)35-18-24-17-32(24,31(36)38-3)29(35)20-37-2/h4-12,24,29,33H,13-20H2,1-3H3/t24-,29+,32+/m0/s1. The van der Waals surface area contributed by atoms with Crippen LogP contribution in [-0.2, 0) is 33.7 Å². The Morgan fingerprint density at radius 2 is 1.92 bits per heavy atom. The lowest BCUT2D eigenvalue weighted by molar-refractivity contribution is -0.148. The van der Waals surface area contributed by atoms with Gasteiger partial charge in [0.1, 0.15) is 18.2 Å². The van der Waals surface area contributed by atoms with Crippen LogP contribution in [-0.4, -0.2) is 57.5 Å². The molecule has 6 rings (SSSR count). The molecule has 7 nitrogen and oxygen atoms in total. The van der Waals surface area contributed by atoms with Gasteiger partial charge >= 0.3 is 5.97 Å². The van der Waals surface area contributed by atoms with Crippen LogP contribution in [0.25, 0.3) is 11.3 Å². The highest BCUT2D eigenvalue weighted by Gasteiger charge is 2.71. The van der Waals surface area contributed by atoms with Crippen LogP contribution in [0, 0.1) is 18.3 Å². The molecule has 2 fully saturated rings. The third kappa shape index (κ3) is 4.57. The summed E-state index contributed by atoms with van der Waals surface area (Å²) in [5.74, 6) is 1.78. The van der Waals surface area contributed by atoms with Crippen molar-refractivity contribution in [2.75, 3.05) is 45.4 Å². The first-order valence-corrected chi connectivity index (χ1v) is 13.9. The van der Waals surface area contributed by atoms with Crippen LogP contribution in [0.5, 0.6) is 5.75 Å². The number of pyridine rings is 1. The van der Waals surface area contributed by atoms with Crippen LogP contribution in [0.4, 0.5) is 5.82 Å². The molecule has 0 spiro atoms. The second kappa shape index (κ2) is 10.6. The fraction of sp³-hybridized carbons (Fsp3) is 0.438. The van der Waals surface area contributed by atoms with Gasteiger partial charge in [0.05, 0.1) is 30.9 Å². The van der Waals surface area contributed by atoms with E-state index in [4.69, 9.17) is 19.2 Å². The van der Waals surface area contributed by atoms with E-state index in [0.717, 1.165) is 61.7 Å². The number of piperidine rings is 1. The summed E-state index contributed by atoms with van der Waals surface area (Å²) in [5, 5.41) is 3.50. The van der Waals surface area contributed by atoms with Crippen molar-refractivity contribution in [3.05, 3.63) is 76.9 Å². The normalized spacial score (nSPS) is 23.5. The Labute approximate surface area is 230 Å². The van der Waals surface area contributed by atoms with Crippen molar-refractivity contribution in [3.63, 3.8) is 0 Å². The second-order valence-electron chi connectivity index (χ2n) is 11.0. The highest BCUT2D eigenvalue weighted by Crippen LogP contribution is 2.62. The number of fused-ring (bicyclic) bond motifs is 2. The van der Waals surface area contributed by atoms with E-state index in [-0.39, 0.29) is 17.9 Å². The zero-order valence-corrected chi connectivity index (χ0v) is 23.0. The van der Waals surface area contributed by atoms with Crippen molar-refractivity contribution in [1.82, 2.24) is 10.3 Å². The Hall–Kier alpha value is -3.42. The molecule has 1 N–H and O–H groups in total. The molecule has 7 heteroatoms. The number of aromatic nitrogens is 1. The molecule has 0 bridgehead atoms. The van der Waals surface area contributed by atoms with Crippen LogP contribution in [0.1, 0.15) is 28.7 Å². The summed E-state index contributed by atoms with van der Waals surface area (Å²) in [6.45, 7) is 6.01. The number of anilines is 1. The third-order valence-electron chi connectivity index (χ3n) is 8.94. The topological polar surface area (TPSA) is 72.9 Å². The number of carbonyl (C=O) groups excluding carboxylic acids is 1. The molecule has 2 aliphatic heterocycles. The Morgan fingerprint density at radius 1 is 1.08 bits per heavy atom. The lowest BCUT2D eigenvalue weighted by atomic mass is 9.94. The summed E-state index contributed by atoms with van der Waals surface area (Å²) in [6.07, 6.45) is 2.98. The molecule has 3 aromatic rings. The predicted octanol–water partition coefficient (Wildman–Crippen LogP) is 4.34. The number of ether oxygens (including phenoxy) is 3. The molecule has 39 heavy (non-hydrogen) atoms. The SMILES string of the molecule is COC[C@H]1N(c2cccc(-c3ccccc3OCc3ccc4c(c3C)CCNCC4)n2)C[C@@H]2C[C@@]21C(=O)OC. The predicted molar refractivity (Wildman–Crippen MR) is 151 cm³/mol. The zero-order valence-electron chi connectivity index (χ0n) is 23.0. The number of carbonyl (C=O) groups is 1. The van der Waals surface area contributed by atoms with Crippen molar-refractivity contribution >= 4 is 11.8 Å². The lowest BCUT2D eigenvalue weighted by Gasteiger charge is -2.31. The van der Waals surface area contributed by atoms with Gasteiger partial charge < -0.3 is 24.4 Å². The fourth-order valence-electron chi connectivity index (χ4n) is 6.71. The van der Waals surface area contributed by atoms with Crippen molar-refractivity contribution in [2.45, 2.75) is 38.8 Å². The van der Waals surface area contributed by atoms with Crippen LogP contribution in [0.2, 0.25) is 0 Å². The van der Waals surface area contributed by atoms with Gasteiger partial charge in [0.25, 0.3) is 0 Å². The van der Waals surface area contributed by atoms with E-state index in [1.807, 2.05) is 36.4 Å². The molecular weight excluding hydrogens is 490 g/mol. The Bertz CT molecular complexity index is 1380. The summed E-state index contributed by atoms with van der Waals surface area (Å²) < 4.78 is 17.2. The number of esters is 1. The minimum Gasteiger partial charge on any atom is -0.488 e. The van der Waals surface area contributed by atoms with Gasteiger partial charge in [-0.25, -0.2) is 4.98 Å². The number of nitrogens with one attached hydrogen (secondary N) is 1. The van der Waals surface area contributed by atoms with Gasteiger partial charge in [-0.2, -0.15) is 0 Å². The largest absolute Gasteiger partial charge is 0.488 e. The highest BCUT2D eigenvalue weighted by molar-refractivity contribution is 5.84. The van der Waals surface area contributed by atoms with E-state index in [1.54, 1.807) is 7.11 Å². The Balaban J connectivity index is 1.25. The van der Waals surface area contributed by atoms with Gasteiger partial charge in [-0.15, -0.1) is 0 Å². The van der Waals surface area contributed by atoms with E-state index in [2.05, 4.69) is 35.3 Å². The molecule has 3 atom stereocenters. The smallest absolute Gasteiger partial charge is 0.314 e. The molecule has 0 unspecified atom stereocenters. The third-order valence-corrected chi connectivity index (χ3v) is 8.94. The minimum atomic E-state index is -0.495. The van der Waals surface area contributed by atoms with Crippen LogP contribution in [0.15, 0.2) is 54.6 Å². The van der Waals surface area contributed by atoms with E-state index < -0.39 is 5.41 Å². The summed E-state index contributed by atoms with van der Waals surface area (Å²) >= 11 is 0. The molecule has 0 amide bonds. The first-order chi connectivity index (χ1) is 19.1. The molecule has 1 saturated carbocycles. The van der Waals surface area contributed by atoms with Gasteiger partial charge in [-0.05, 0) is 91.7 Å². The lowest BCUT2D eigenvalue weighted by Crippen LogP contribution is -2.44. The van der Waals surface area contributed by atoms with Crippen LogP contribution < -0.4 is 15.0 Å². The molecule has 0 radical (unpaired) electrons. The zero-order chi connectivity index (χ0) is 27.0. The first-order valence-electron chi connectivity index (χ1n) is 13.9. The molecule has 1 saturated heterocycles. The fourth-order valence-corrected chi connectivity index (χ4v) is 6.71. The van der Waals surface area contributed by atoms with Gasteiger partial charge in [0.2, 0.25) is 0 Å². The Kier molecular flexibility index (Phi) is 7.04. The van der Waals surface area contributed by atoms with Gasteiger partial charge in [0.15, 0.2) is 0 Å². The molecule has 204 valence electrons. The number of hydrogen-bond donors (Lipinski definition) is 1. The molecule has 2 aromatic carbocycles. The quantitative estimate of drug-likeness (QED) is 0.437. The van der Waals surface area contributed by atoms with E-state index in [1.165, 1.54) is 29.4 Å². The highest BCUT2D eigenvalue weighted by atomic mass is 16.5. The maximum atomic E-state index is 12.7. The first kappa shape index (κ1) is 25.8. The average molecular weight is 528 g/mol. The van der Waals surface area contributed by atoms with E-state index in [9.17, 15) is 4.79 Å². The van der Waals surface area contributed by atoms with E-state index in [0.29, 0.717) is 13.2 Å². The summed E-state index contributed by atoms with van der Waals surface area (Å²) in [4.78, 5) is 20.0. The second-order valence-corrected chi connectivity index (χ2v) is 11.0.